The van der Waals surface area contributed by atoms with Crippen molar-refractivity contribution in [3.8, 4) is 0 Å². The molecule has 9 heteroatoms. The molecule has 0 radical (unpaired) electrons. The predicted molar refractivity (Wildman–Crippen MR) is 140 cm³/mol. The van der Waals surface area contributed by atoms with Crippen LogP contribution in [-0.2, 0) is 28.5 Å². The standard InChI is InChI=1S/C26H49FN2O6.2H2/c1-4-6-13-25(30)29-20-24(27)21-34-17-12-8-11-16-33-19-18-32-15-10-7-9-14-28-26(31)22-35-23(3)5-2;;/h6,13,23-24H,4-5,7-12,14-22H2,1-3H3,(H,28,31)(H,29,30);2*1H. The highest BCUT2D eigenvalue weighted by Crippen LogP contribution is 2.00. The molecule has 0 fully saturated rings. The fourth-order valence-electron chi connectivity index (χ4n) is 2.79. The number of rotatable bonds is 25. The second kappa shape index (κ2) is 25.5. The van der Waals surface area contributed by atoms with Crippen LogP contribution in [0.15, 0.2) is 12.2 Å². The molecule has 0 heterocycles. The molecule has 0 bridgehead atoms. The normalized spacial score (nSPS) is 13.1. The number of unbranched alkanes of at least 4 members (excludes halogenated alkanes) is 4. The number of nitrogens with one attached hydrogen (secondary N) is 2. The van der Waals surface area contributed by atoms with E-state index in [-0.39, 0.29) is 40.5 Å². The number of carbonyl (C=O) groups excluding carboxylic acids is 2. The number of halogens is 1. The summed E-state index contributed by atoms with van der Waals surface area (Å²) in [6.07, 6.45) is 9.37. The fraction of sp³-hybridized carbons (Fsp3) is 0.846. The molecule has 0 aliphatic rings. The molecule has 0 saturated carbocycles. The van der Waals surface area contributed by atoms with E-state index in [9.17, 15) is 14.0 Å². The summed E-state index contributed by atoms with van der Waals surface area (Å²) in [7, 11) is 0. The van der Waals surface area contributed by atoms with E-state index >= 15 is 0 Å². The van der Waals surface area contributed by atoms with Crippen molar-refractivity contribution in [3.63, 3.8) is 0 Å². The van der Waals surface area contributed by atoms with Gasteiger partial charge in [0.05, 0.1) is 32.5 Å². The number of hydrogen-bond acceptors (Lipinski definition) is 6. The van der Waals surface area contributed by atoms with Gasteiger partial charge in [0.25, 0.3) is 0 Å². The summed E-state index contributed by atoms with van der Waals surface area (Å²) in [5.74, 6) is -0.335. The zero-order valence-electron chi connectivity index (χ0n) is 22.2. The average Bonchev–Trinajstić information content (AvgIpc) is 2.86. The summed E-state index contributed by atoms with van der Waals surface area (Å²) in [4.78, 5) is 22.9. The summed E-state index contributed by atoms with van der Waals surface area (Å²) in [5.41, 5.74) is 0. The summed E-state index contributed by atoms with van der Waals surface area (Å²) in [5, 5.41) is 5.37. The van der Waals surface area contributed by atoms with Crippen LogP contribution in [0.4, 0.5) is 4.39 Å². The zero-order chi connectivity index (χ0) is 26.0. The number of alkyl halides is 1. The highest BCUT2D eigenvalue weighted by molar-refractivity contribution is 5.87. The van der Waals surface area contributed by atoms with Gasteiger partial charge in [-0.2, -0.15) is 0 Å². The van der Waals surface area contributed by atoms with Crippen molar-refractivity contribution in [3.05, 3.63) is 12.2 Å². The molecule has 2 amide bonds. The maximum atomic E-state index is 13.6. The molecule has 0 aromatic carbocycles. The van der Waals surface area contributed by atoms with Crippen molar-refractivity contribution in [2.45, 2.75) is 84.4 Å². The minimum atomic E-state index is -1.20. The summed E-state index contributed by atoms with van der Waals surface area (Å²) in [6.45, 7) is 9.70. The Labute approximate surface area is 214 Å². The summed E-state index contributed by atoms with van der Waals surface area (Å²) in [6, 6.07) is 0. The van der Waals surface area contributed by atoms with Gasteiger partial charge in [-0.3, -0.25) is 9.59 Å². The highest BCUT2D eigenvalue weighted by atomic mass is 19.1. The van der Waals surface area contributed by atoms with Crippen LogP contribution in [-0.4, -0.2) is 83.4 Å². The van der Waals surface area contributed by atoms with Gasteiger partial charge in [0.1, 0.15) is 12.8 Å². The van der Waals surface area contributed by atoms with Crippen molar-refractivity contribution < 1.29 is 35.8 Å². The third-order valence-electron chi connectivity index (χ3n) is 5.11. The third-order valence-corrected chi connectivity index (χ3v) is 5.11. The van der Waals surface area contributed by atoms with Gasteiger partial charge in [-0.1, -0.05) is 19.9 Å². The smallest absolute Gasteiger partial charge is 0.246 e. The molecule has 0 aromatic rings. The number of carbonyl (C=O) groups is 2. The Balaban J connectivity index is -0.00000578. The minimum absolute atomic E-state index is 0. The molecule has 0 rings (SSSR count). The Hall–Kier alpha value is -1.55. The number of hydrogen-bond donors (Lipinski definition) is 2. The van der Waals surface area contributed by atoms with Gasteiger partial charge in [0.2, 0.25) is 11.8 Å². The largest absolute Gasteiger partial charge is 0.379 e. The molecule has 0 spiro atoms. The monoisotopic (exact) mass is 508 g/mol. The molecule has 0 aliphatic heterocycles. The first-order chi connectivity index (χ1) is 17.0. The molecular weight excluding hydrogens is 455 g/mol. The van der Waals surface area contributed by atoms with Crippen LogP contribution < -0.4 is 10.6 Å². The van der Waals surface area contributed by atoms with Crippen molar-refractivity contribution >= 4 is 11.8 Å². The average molecular weight is 509 g/mol. The van der Waals surface area contributed by atoms with E-state index < -0.39 is 6.17 Å². The quantitative estimate of drug-likeness (QED) is 0.142. The Bertz CT molecular complexity index is 547. The molecule has 2 atom stereocenters. The van der Waals surface area contributed by atoms with Crippen LogP contribution in [0, 0.1) is 0 Å². The van der Waals surface area contributed by atoms with Crippen LogP contribution in [0.2, 0.25) is 0 Å². The van der Waals surface area contributed by atoms with Gasteiger partial charge in [0, 0.05) is 29.2 Å². The SMILES string of the molecule is CCC=CC(=O)NCC(F)COCCCCCOCCOCCCCCNC(=O)COC(C)CC.[HH].[HH]. The Morgan fingerprint density at radius 2 is 1.51 bits per heavy atom. The van der Waals surface area contributed by atoms with Gasteiger partial charge in [-0.25, -0.2) is 4.39 Å². The number of amides is 2. The van der Waals surface area contributed by atoms with E-state index in [4.69, 9.17) is 18.9 Å². The lowest BCUT2D eigenvalue weighted by molar-refractivity contribution is -0.127. The van der Waals surface area contributed by atoms with Crippen LogP contribution in [0.25, 0.3) is 0 Å². The van der Waals surface area contributed by atoms with Crippen LogP contribution in [0.3, 0.4) is 0 Å². The first-order valence-electron chi connectivity index (χ1n) is 13.2. The van der Waals surface area contributed by atoms with E-state index in [0.29, 0.717) is 39.6 Å². The second-order valence-corrected chi connectivity index (χ2v) is 8.45. The highest BCUT2D eigenvalue weighted by Gasteiger charge is 2.07. The lowest BCUT2D eigenvalue weighted by Crippen LogP contribution is -2.31. The van der Waals surface area contributed by atoms with Crippen molar-refractivity contribution in [2.75, 3.05) is 59.3 Å². The van der Waals surface area contributed by atoms with Crippen LogP contribution in [0.5, 0.6) is 0 Å². The lowest BCUT2D eigenvalue weighted by atomic mass is 10.2. The topological polar surface area (TPSA) is 95.1 Å². The Morgan fingerprint density at radius 1 is 0.886 bits per heavy atom. The van der Waals surface area contributed by atoms with E-state index in [1.54, 1.807) is 6.08 Å². The van der Waals surface area contributed by atoms with Crippen LogP contribution >= 0.6 is 0 Å². The minimum Gasteiger partial charge on any atom is -0.379 e. The molecule has 2 unspecified atom stereocenters. The van der Waals surface area contributed by atoms with E-state index in [1.807, 2.05) is 20.8 Å². The van der Waals surface area contributed by atoms with E-state index in [1.165, 1.54) is 6.08 Å². The van der Waals surface area contributed by atoms with Gasteiger partial charge in [-0.15, -0.1) is 0 Å². The molecule has 2 N–H and O–H groups in total. The maximum absolute atomic E-state index is 13.6. The van der Waals surface area contributed by atoms with E-state index in [0.717, 1.165) is 51.4 Å². The van der Waals surface area contributed by atoms with E-state index in [2.05, 4.69) is 10.6 Å². The predicted octanol–water partition coefficient (Wildman–Crippen LogP) is 4.22. The van der Waals surface area contributed by atoms with Gasteiger partial charge in [-0.05, 0) is 64.4 Å². The van der Waals surface area contributed by atoms with Crippen molar-refractivity contribution in [1.82, 2.24) is 10.6 Å². The second-order valence-electron chi connectivity index (χ2n) is 8.45. The molecule has 0 aliphatic carbocycles. The summed E-state index contributed by atoms with van der Waals surface area (Å²) >= 11 is 0. The molecule has 35 heavy (non-hydrogen) atoms. The van der Waals surface area contributed by atoms with Gasteiger partial charge < -0.3 is 29.6 Å². The Kier molecular flexibility index (Phi) is 24.4. The maximum Gasteiger partial charge on any atom is 0.246 e. The van der Waals surface area contributed by atoms with Crippen molar-refractivity contribution in [1.29, 1.82) is 0 Å². The summed E-state index contributed by atoms with van der Waals surface area (Å²) < 4.78 is 35.5. The fourth-order valence-corrected chi connectivity index (χ4v) is 2.79. The lowest BCUT2D eigenvalue weighted by Gasteiger charge is -2.10. The molecular formula is C26H53FN2O6. The molecule has 210 valence electrons. The number of allylic oxidation sites excluding steroid dienone is 1. The Morgan fingerprint density at radius 3 is 2.14 bits per heavy atom. The van der Waals surface area contributed by atoms with Gasteiger partial charge >= 0.3 is 0 Å². The zero-order valence-corrected chi connectivity index (χ0v) is 22.2. The van der Waals surface area contributed by atoms with Crippen molar-refractivity contribution in [2.24, 2.45) is 0 Å². The molecule has 0 aromatic heterocycles. The first-order valence-corrected chi connectivity index (χ1v) is 13.2. The molecule has 0 saturated heterocycles. The number of ether oxygens (including phenoxy) is 4. The van der Waals surface area contributed by atoms with Gasteiger partial charge in [0.15, 0.2) is 0 Å². The first kappa shape index (κ1) is 33.4. The third kappa shape index (κ3) is 25.4. The molecule has 8 nitrogen and oxygen atoms in total. The van der Waals surface area contributed by atoms with Crippen LogP contribution in [0.1, 0.15) is 75.0 Å².